The fraction of sp³-hybridized carbons (Fsp3) is 0.455. The molecule has 2 aliphatic rings. The summed E-state index contributed by atoms with van der Waals surface area (Å²) in [6.45, 7) is 5.60. The van der Waals surface area contributed by atoms with Crippen LogP contribution in [0, 0.1) is 5.92 Å². The van der Waals surface area contributed by atoms with Crippen LogP contribution in [0.3, 0.4) is 0 Å². The number of anilines is 1. The van der Waals surface area contributed by atoms with Crippen LogP contribution in [0.5, 0.6) is 11.5 Å². The quantitative estimate of drug-likeness (QED) is 0.678. The van der Waals surface area contributed by atoms with Gasteiger partial charge in [0, 0.05) is 44.5 Å². The molecule has 0 amide bonds. The predicted molar refractivity (Wildman–Crippen MR) is 113 cm³/mol. The van der Waals surface area contributed by atoms with Crippen molar-refractivity contribution in [2.45, 2.75) is 12.3 Å². The first-order valence-corrected chi connectivity index (χ1v) is 10.4. The second-order valence-corrected chi connectivity index (χ2v) is 8.34. The Hall–Kier alpha value is -1.72. The van der Waals surface area contributed by atoms with Crippen molar-refractivity contribution in [1.82, 2.24) is 4.90 Å². The number of ether oxygens (including phenoxy) is 2. The topological polar surface area (TPSA) is 24.9 Å². The molecule has 0 spiro atoms. The summed E-state index contributed by atoms with van der Waals surface area (Å²) in [5.74, 6) is 3.36. The van der Waals surface area contributed by atoms with E-state index in [9.17, 15) is 0 Å². The van der Waals surface area contributed by atoms with E-state index in [-0.39, 0.29) is 0 Å². The normalized spacial score (nSPS) is 22.6. The molecule has 1 saturated heterocycles. The molecule has 0 radical (unpaired) electrons. The maximum atomic E-state index is 5.44. The summed E-state index contributed by atoms with van der Waals surface area (Å²) in [6.07, 6.45) is 1.30. The molecule has 2 fully saturated rings. The van der Waals surface area contributed by atoms with Crippen LogP contribution in [-0.4, -0.2) is 51.8 Å². The van der Waals surface area contributed by atoms with E-state index in [1.165, 1.54) is 24.2 Å². The first-order valence-electron chi connectivity index (χ1n) is 9.62. The Bertz CT molecular complexity index is 790. The molecule has 4 rings (SSSR count). The number of hydrogen-bond donors (Lipinski definition) is 0. The van der Waals surface area contributed by atoms with Crippen molar-refractivity contribution in [3.63, 3.8) is 0 Å². The number of hydrogen-bond acceptors (Lipinski definition) is 4. The molecule has 0 bridgehead atoms. The molecule has 5 heteroatoms. The fourth-order valence-electron chi connectivity index (χ4n) is 4.10. The second kappa shape index (κ2) is 8.11. The van der Waals surface area contributed by atoms with Gasteiger partial charge in [-0.1, -0.05) is 12.1 Å². The highest BCUT2D eigenvalue weighted by Crippen LogP contribution is 2.48. The summed E-state index contributed by atoms with van der Waals surface area (Å²) in [7, 11) is 3.46. The number of halogens is 1. The summed E-state index contributed by atoms with van der Waals surface area (Å²) < 4.78 is 11.8. The van der Waals surface area contributed by atoms with Crippen LogP contribution < -0.4 is 14.4 Å². The summed E-state index contributed by atoms with van der Waals surface area (Å²) in [4.78, 5) is 5.08. The van der Waals surface area contributed by atoms with Crippen molar-refractivity contribution in [1.29, 1.82) is 0 Å². The van der Waals surface area contributed by atoms with Gasteiger partial charge in [-0.25, -0.2) is 0 Å². The zero-order valence-electron chi connectivity index (χ0n) is 16.0. The van der Waals surface area contributed by atoms with E-state index in [2.05, 4.69) is 62.1 Å². The molecular formula is C22H27BrN2O2. The van der Waals surface area contributed by atoms with Gasteiger partial charge in [0.1, 0.15) is 11.5 Å². The van der Waals surface area contributed by atoms with Gasteiger partial charge in [-0.2, -0.15) is 0 Å². The van der Waals surface area contributed by atoms with E-state index >= 15 is 0 Å². The van der Waals surface area contributed by atoms with Gasteiger partial charge in [0.2, 0.25) is 0 Å². The monoisotopic (exact) mass is 430 g/mol. The first-order chi connectivity index (χ1) is 13.2. The van der Waals surface area contributed by atoms with Gasteiger partial charge in [-0.3, -0.25) is 4.90 Å². The average Bonchev–Trinajstić information content (AvgIpc) is 3.48. The number of benzene rings is 2. The summed E-state index contributed by atoms with van der Waals surface area (Å²) in [6, 6.07) is 14.9. The van der Waals surface area contributed by atoms with E-state index in [1.807, 2.05) is 6.07 Å². The van der Waals surface area contributed by atoms with Gasteiger partial charge in [0.15, 0.2) is 0 Å². The molecule has 2 aromatic rings. The standard InChI is InChI=1S/C22H27BrN2O2/c1-26-19-5-3-4-16(12-19)20-13-17(20)15-24-8-10-25(11-9-24)18-6-7-21(23)22(14-18)27-2/h3-7,12,14,17,20H,8-11,13,15H2,1-2H3/t17-,20-/m0/s1. The average molecular weight is 431 g/mol. The fourth-order valence-corrected chi connectivity index (χ4v) is 4.50. The third-order valence-electron chi connectivity index (χ3n) is 5.81. The number of piperazine rings is 1. The van der Waals surface area contributed by atoms with E-state index in [0.717, 1.165) is 48.1 Å². The minimum Gasteiger partial charge on any atom is -0.497 e. The zero-order valence-corrected chi connectivity index (χ0v) is 17.6. The van der Waals surface area contributed by atoms with Gasteiger partial charge in [-0.05, 0) is 64.0 Å². The Morgan fingerprint density at radius 1 is 1.00 bits per heavy atom. The molecule has 1 saturated carbocycles. The lowest BCUT2D eigenvalue weighted by Crippen LogP contribution is -2.47. The van der Waals surface area contributed by atoms with Gasteiger partial charge < -0.3 is 14.4 Å². The maximum absolute atomic E-state index is 5.44. The van der Waals surface area contributed by atoms with Crippen molar-refractivity contribution in [3.05, 3.63) is 52.5 Å². The SMILES string of the molecule is COc1cccc([C@@H]2C[C@H]2CN2CCN(c3ccc(Br)c(OC)c3)CC2)c1. The van der Waals surface area contributed by atoms with E-state index in [0.29, 0.717) is 5.92 Å². The molecule has 1 aliphatic heterocycles. The molecule has 0 N–H and O–H groups in total. The molecular weight excluding hydrogens is 404 g/mol. The van der Waals surface area contributed by atoms with Gasteiger partial charge >= 0.3 is 0 Å². The third-order valence-corrected chi connectivity index (χ3v) is 6.46. The van der Waals surface area contributed by atoms with Crippen LogP contribution in [0.15, 0.2) is 46.9 Å². The van der Waals surface area contributed by atoms with Crippen molar-refractivity contribution >= 4 is 21.6 Å². The van der Waals surface area contributed by atoms with Crippen LogP contribution in [0.4, 0.5) is 5.69 Å². The summed E-state index contributed by atoms with van der Waals surface area (Å²) in [5.41, 5.74) is 2.68. The largest absolute Gasteiger partial charge is 0.497 e. The highest BCUT2D eigenvalue weighted by molar-refractivity contribution is 9.10. The Kier molecular flexibility index (Phi) is 5.60. The molecule has 2 atom stereocenters. The Labute approximate surface area is 170 Å². The van der Waals surface area contributed by atoms with Crippen molar-refractivity contribution < 1.29 is 9.47 Å². The lowest BCUT2D eigenvalue weighted by Gasteiger charge is -2.36. The Morgan fingerprint density at radius 3 is 2.56 bits per heavy atom. The smallest absolute Gasteiger partial charge is 0.135 e. The van der Waals surface area contributed by atoms with E-state index in [4.69, 9.17) is 9.47 Å². The predicted octanol–water partition coefficient (Wildman–Crippen LogP) is 4.39. The second-order valence-electron chi connectivity index (χ2n) is 7.49. The Morgan fingerprint density at radius 2 is 1.81 bits per heavy atom. The van der Waals surface area contributed by atoms with Crippen LogP contribution >= 0.6 is 15.9 Å². The lowest BCUT2D eigenvalue weighted by atomic mass is 10.1. The van der Waals surface area contributed by atoms with E-state index < -0.39 is 0 Å². The minimum atomic E-state index is 0.703. The molecule has 2 aromatic carbocycles. The van der Waals surface area contributed by atoms with Crippen LogP contribution in [-0.2, 0) is 0 Å². The van der Waals surface area contributed by atoms with Gasteiger partial charge in [-0.15, -0.1) is 0 Å². The van der Waals surface area contributed by atoms with E-state index in [1.54, 1.807) is 14.2 Å². The minimum absolute atomic E-state index is 0.703. The summed E-state index contributed by atoms with van der Waals surface area (Å²) in [5, 5.41) is 0. The highest BCUT2D eigenvalue weighted by Gasteiger charge is 2.39. The van der Waals surface area contributed by atoms with Gasteiger partial charge in [0.25, 0.3) is 0 Å². The van der Waals surface area contributed by atoms with Gasteiger partial charge in [0.05, 0.1) is 18.7 Å². The molecule has 4 nitrogen and oxygen atoms in total. The molecule has 0 unspecified atom stereocenters. The lowest BCUT2D eigenvalue weighted by molar-refractivity contribution is 0.246. The highest BCUT2D eigenvalue weighted by atomic mass is 79.9. The molecule has 1 heterocycles. The summed E-state index contributed by atoms with van der Waals surface area (Å²) >= 11 is 3.53. The first kappa shape index (κ1) is 18.6. The molecule has 1 aliphatic carbocycles. The van der Waals surface area contributed by atoms with Crippen LogP contribution in [0.25, 0.3) is 0 Å². The maximum Gasteiger partial charge on any atom is 0.135 e. The Balaban J connectivity index is 1.29. The van der Waals surface area contributed by atoms with Crippen molar-refractivity contribution in [2.75, 3.05) is 51.8 Å². The molecule has 0 aromatic heterocycles. The van der Waals surface area contributed by atoms with Crippen molar-refractivity contribution in [2.24, 2.45) is 5.92 Å². The third kappa shape index (κ3) is 4.25. The number of nitrogens with zero attached hydrogens (tertiary/aromatic N) is 2. The van der Waals surface area contributed by atoms with Crippen molar-refractivity contribution in [3.8, 4) is 11.5 Å². The molecule has 27 heavy (non-hydrogen) atoms. The molecule has 144 valence electrons. The van der Waals surface area contributed by atoms with Crippen LogP contribution in [0.1, 0.15) is 17.9 Å². The van der Waals surface area contributed by atoms with Crippen LogP contribution in [0.2, 0.25) is 0 Å². The number of methoxy groups -OCH3 is 2. The zero-order chi connectivity index (χ0) is 18.8. The number of rotatable bonds is 6.